The molecule has 27 heavy (non-hydrogen) atoms. The minimum absolute atomic E-state index is 0.0470. The molecule has 2 aliphatic rings. The van der Waals surface area contributed by atoms with Crippen LogP contribution in [0.1, 0.15) is 12.8 Å². The van der Waals surface area contributed by atoms with E-state index >= 15 is 0 Å². The van der Waals surface area contributed by atoms with Gasteiger partial charge in [-0.15, -0.1) is 0 Å². The number of anilines is 1. The normalized spacial score (nSPS) is 26.0. The Morgan fingerprint density at radius 1 is 0.963 bits per heavy atom. The van der Waals surface area contributed by atoms with E-state index in [-0.39, 0.29) is 32.5 Å². The molecule has 0 aromatic heterocycles. The molecular formula is C18H23N3O6. The summed E-state index contributed by atoms with van der Waals surface area (Å²) in [4.78, 5) is 40.2. The lowest BCUT2D eigenvalue weighted by Gasteiger charge is -2.47. The van der Waals surface area contributed by atoms with Crippen molar-refractivity contribution in [1.29, 1.82) is 0 Å². The standard InChI is InChI=1S/C18H23N3O6/c22-15(23)14-7-4-8-21(17(25)26)18(14,27)16(24)20-11-9-19(10-12-20)13-5-2-1-3-6-13/h1-3,5-6,14,27H,4,7-12H2,(H,22,23)(H,25,26). The van der Waals surface area contributed by atoms with Crippen molar-refractivity contribution in [2.45, 2.75) is 18.6 Å². The summed E-state index contributed by atoms with van der Waals surface area (Å²) in [7, 11) is 0. The highest BCUT2D eigenvalue weighted by Gasteiger charge is 2.58. The number of rotatable bonds is 3. The van der Waals surface area contributed by atoms with Gasteiger partial charge in [0.1, 0.15) is 5.92 Å². The summed E-state index contributed by atoms with van der Waals surface area (Å²) < 4.78 is 0. The van der Waals surface area contributed by atoms with Crippen molar-refractivity contribution in [3.05, 3.63) is 30.3 Å². The quantitative estimate of drug-likeness (QED) is 0.701. The lowest BCUT2D eigenvalue weighted by atomic mass is 9.84. The molecule has 1 aromatic rings. The smallest absolute Gasteiger partial charge is 0.410 e. The van der Waals surface area contributed by atoms with Crippen molar-refractivity contribution in [1.82, 2.24) is 9.80 Å². The highest BCUT2D eigenvalue weighted by atomic mass is 16.4. The SMILES string of the molecule is O=C(O)C1CCCN(C(=O)O)C1(O)C(=O)N1CCN(c2ccccc2)CC1. The van der Waals surface area contributed by atoms with E-state index < -0.39 is 29.6 Å². The number of hydrogen-bond donors (Lipinski definition) is 3. The number of nitrogens with zero attached hydrogens (tertiary/aromatic N) is 3. The Morgan fingerprint density at radius 2 is 1.59 bits per heavy atom. The van der Waals surface area contributed by atoms with Gasteiger partial charge in [-0.2, -0.15) is 0 Å². The summed E-state index contributed by atoms with van der Waals surface area (Å²) in [5.41, 5.74) is -1.57. The monoisotopic (exact) mass is 377 g/mol. The molecule has 0 bridgehead atoms. The molecule has 9 heteroatoms. The molecule has 2 amide bonds. The first-order chi connectivity index (χ1) is 12.9. The molecule has 1 aromatic carbocycles. The molecule has 2 heterocycles. The second kappa shape index (κ2) is 7.43. The van der Waals surface area contributed by atoms with Gasteiger partial charge in [0.05, 0.1) is 0 Å². The fourth-order valence-corrected chi connectivity index (χ4v) is 3.85. The van der Waals surface area contributed by atoms with Gasteiger partial charge in [0, 0.05) is 38.4 Å². The maximum absolute atomic E-state index is 13.0. The highest BCUT2D eigenvalue weighted by Crippen LogP contribution is 2.34. The molecule has 2 saturated heterocycles. The molecular weight excluding hydrogens is 354 g/mol. The van der Waals surface area contributed by atoms with E-state index in [1.165, 1.54) is 4.90 Å². The molecule has 9 nitrogen and oxygen atoms in total. The summed E-state index contributed by atoms with van der Waals surface area (Å²) in [6.45, 7) is 1.49. The first kappa shape index (κ1) is 19.0. The van der Waals surface area contributed by atoms with Crippen LogP contribution in [-0.2, 0) is 9.59 Å². The number of carbonyl (C=O) groups excluding carboxylic acids is 1. The molecule has 0 radical (unpaired) electrons. The van der Waals surface area contributed by atoms with Crippen LogP contribution in [0.4, 0.5) is 10.5 Å². The van der Waals surface area contributed by atoms with Crippen LogP contribution in [0.2, 0.25) is 0 Å². The topological polar surface area (TPSA) is 122 Å². The number of aliphatic carboxylic acids is 1. The fourth-order valence-electron chi connectivity index (χ4n) is 3.85. The summed E-state index contributed by atoms with van der Waals surface area (Å²) >= 11 is 0. The van der Waals surface area contributed by atoms with Crippen molar-refractivity contribution in [3.8, 4) is 0 Å². The predicted molar refractivity (Wildman–Crippen MR) is 95.3 cm³/mol. The van der Waals surface area contributed by atoms with Crippen molar-refractivity contribution in [2.24, 2.45) is 5.92 Å². The fraction of sp³-hybridized carbons (Fsp3) is 0.500. The van der Waals surface area contributed by atoms with Crippen LogP contribution in [-0.4, -0.2) is 81.5 Å². The van der Waals surface area contributed by atoms with Crippen LogP contribution < -0.4 is 4.90 Å². The average molecular weight is 377 g/mol. The van der Waals surface area contributed by atoms with Crippen molar-refractivity contribution in [2.75, 3.05) is 37.6 Å². The predicted octanol–water partition coefficient (Wildman–Crippen LogP) is 0.498. The van der Waals surface area contributed by atoms with Crippen LogP contribution in [0, 0.1) is 5.92 Å². The Morgan fingerprint density at radius 3 is 2.15 bits per heavy atom. The largest absolute Gasteiger partial charge is 0.481 e. The zero-order valence-corrected chi connectivity index (χ0v) is 14.8. The van der Waals surface area contributed by atoms with Gasteiger partial charge < -0.3 is 25.1 Å². The number of carboxylic acid groups (broad SMARTS) is 2. The molecule has 0 saturated carbocycles. The number of benzene rings is 1. The van der Waals surface area contributed by atoms with Crippen LogP contribution in [0.25, 0.3) is 0 Å². The number of carbonyl (C=O) groups is 3. The zero-order valence-electron chi connectivity index (χ0n) is 14.8. The highest BCUT2D eigenvalue weighted by molar-refractivity contribution is 5.93. The Labute approximate surface area is 156 Å². The third-order valence-corrected chi connectivity index (χ3v) is 5.30. The van der Waals surface area contributed by atoms with Crippen LogP contribution in [0.5, 0.6) is 0 Å². The van der Waals surface area contributed by atoms with Gasteiger partial charge >= 0.3 is 12.1 Å². The molecule has 2 atom stereocenters. The minimum atomic E-state index is -2.58. The van der Waals surface area contributed by atoms with Crippen molar-refractivity contribution in [3.63, 3.8) is 0 Å². The Bertz CT molecular complexity index is 695. The van der Waals surface area contributed by atoms with Gasteiger partial charge in [-0.25, -0.2) is 4.79 Å². The van der Waals surface area contributed by atoms with Crippen LogP contribution in [0.15, 0.2) is 30.3 Å². The Balaban J connectivity index is 1.78. The van der Waals surface area contributed by atoms with E-state index in [2.05, 4.69) is 4.90 Å². The number of carboxylic acids is 1. The zero-order chi connectivity index (χ0) is 19.6. The molecule has 2 aliphatic heterocycles. The van der Waals surface area contributed by atoms with Gasteiger partial charge in [0.2, 0.25) is 5.72 Å². The van der Waals surface area contributed by atoms with Crippen molar-refractivity contribution < 1.29 is 29.7 Å². The molecule has 146 valence electrons. The van der Waals surface area contributed by atoms with E-state index in [0.717, 1.165) is 5.69 Å². The lowest BCUT2D eigenvalue weighted by Crippen LogP contribution is -2.69. The van der Waals surface area contributed by atoms with E-state index in [1.807, 2.05) is 30.3 Å². The van der Waals surface area contributed by atoms with Crippen LogP contribution >= 0.6 is 0 Å². The average Bonchev–Trinajstić information content (AvgIpc) is 2.67. The number of aliphatic hydroxyl groups is 1. The second-order valence-corrected chi connectivity index (χ2v) is 6.81. The number of hydrogen-bond acceptors (Lipinski definition) is 5. The molecule has 3 N–H and O–H groups in total. The van der Waals surface area contributed by atoms with Gasteiger partial charge in [-0.3, -0.25) is 14.5 Å². The molecule has 0 spiro atoms. The molecule has 2 fully saturated rings. The first-order valence-electron chi connectivity index (χ1n) is 8.91. The summed E-state index contributed by atoms with van der Waals surface area (Å²) in [5, 5.41) is 29.9. The molecule has 0 aliphatic carbocycles. The minimum Gasteiger partial charge on any atom is -0.481 e. The number of piperidine rings is 1. The van der Waals surface area contributed by atoms with Gasteiger partial charge in [0.15, 0.2) is 0 Å². The number of likely N-dealkylation sites (tertiary alicyclic amines) is 1. The third kappa shape index (κ3) is 3.42. The maximum atomic E-state index is 13.0. The van der Waals surface area contributed by atoms with E-state index in [9.17, 15) is 29.7 Å². The van der Waals surface area contributed by atoms with E-state index in [4.69, 9.17) is 0 Å². The Hall–Kier alpha value is -2.81. The van der Waals surface area contributed by atoms with E-state index in [0.29, 0.717) is 18.0 Å². The Kier molecular flexibility index (Phi) is 5.22. The van der Waals surface area contributed by atoms with Crippen LogP contribution in [0.3, 0.4) is 0 Å². The van der Waals surface area contributed by atoms with Gasteiger partial charge in [0.25, 0.3) is 5.91 Å². The molecule has 3 rings (SSSR count). The second-order valence-electron chi connectivity index (χ2n) is 6.81. The third-order valence-electron chi connectivity index (χ3n) is 5.30. The lowest BCUT2D eigenvalue weighted by molar-refractivity contribution is -0.199. The first-order valence-corrected chi connectivity index (χ1v) is 8.91. The van der Waals surface area contributed by atoms with Crippen molar-refractivity contribution >= 4 is 23.7 Å². The number of piperazine rings is 1. The number of para-hydroxylation sites is 1. The summed E-state index contributed by atoms with van der Waals surface area (Å²) in [5.74, 6) is -3.72. The van der Waals surface area contributed by atoms with Gasteiger partial charge in [-0.05, 0) is 25.0 Å². The molecule has 2 unspecified atom stereocenters. The van der Waals surface area contributed by atoms with E-state index in [1.54, 1.807) is 0 Å². The summed E-state index contributed by atoms with van der Waals surface area (Å²) in [6, 6.07) is 9.66. The number of amides is 2. The summed E-state index contributed by atoms with van der Waals surface area (Å²) in [6.07, 6.45) is -1.17. The maximum Gasteiger partial charge on any atom is 0.410 e. The van der Waals surface area contributed by atoms with Gasteiger partial charge in [-0.1, -0.05) is 18.2 Å².